The summed E-state index contributed by atoms with van der Waals surface area (Å²) in [6.07, 6.45) is 9.27. The van der Waals surface area contributed by atoms with Gasteiger partial charge in [0.1, 0.15) is 0 Å². The fourth-order valence-electron chi connectivity index (χ4n) is 2.26. The summed E-state index contributed by atoms with van der Waals surface area (Å²) in [5.74, 6) is 1.24. The third-order valence-corrected chi connectivity index (χ3v) is 3.91. The highest BCUT2D eigenvalue weighted by molar-refractivity contribution is 7.98. The lowest BCUT2D eigenvalue weighted by Crippen LogP contribution is -2.46. The van der Waals surface area contributed by atoms with Crippen LogP contribution in [0.15, 0.2) is 0 Å². The average Bonchev–Trinajstić information content (AvgIpc) is 2.25. The van der Waals surface area contributed by atoms with Crippen molar-refractivity contribution in [3.05, 3.63) is 0 Å². The van der Waals surface area contributed by atoms with Crippen LogP contribution in [0, 0.1) is 0 Å². The van der Waals surface area contributed by atoms with Gasteiger partial charge in [-0.05, 0) is 31.3 Å². The maximum Gasteiger partial charge on any atom is 0.221 e. The molecule has 1 aliphatic carbocycles. The van der Waals surface area contributed by atoms with Crippen molar-refractivity contribution in [3.8, 4) is 0 Å². The predicted octanol–water partition coefficient (Wildman–Crippen LogP) is 1.91. The first-order chi connectivity index (χ1) is 7.66. The number of nitrogens with one attached hydrogen (secondary N) is 1. The maximum atomic E-state index is 11.7. The van der Waals surface area contributed by atoms with Crippen molar-refractivity contribution in [2.45, 2.75) is 50.5 Å². The van der Waals surface area contributed by atoms with E-state index in [1.54, 1.807) is 0 Å². The number of hydrogen-bond donors (Lipinski definition) is 2. The first kappa shape index (κ1) is 13.8. The van der Waals surface area contributed by atoms with E-state index in [2.05, 4.69) is 11.6 Å². The third kappa shape index (κ3) is 5.21. The van der Waals surface area contributed by atoms with E-state index in [1.807, 2.05) is 11.8 Å². The largest absolute Gasteiger partial charge is 0.356 e. The van der Waals surface area contributed by atoms with Gasteiger partial charge in [0.25, 0.3) is 0 Å². The Kier molecular flexibility index (Phi) is 6.21. The van der Waals surface area contributed by atoms with E-state index in [-0.39, 0.29) is 11.4 Å². The molecule has 0 aliphatic heterocycles. The Labute approximate surface area is 103 Å². The molecule has 1 saturated carbocycles. The number of nitrogens with two attached hydrogens (primary N) is 1. The van der Waals surface area contributed by atoms with Crippen LogP contribution in [0.3, 0.4) is 0 Å². The zero-order valence-electron chi connectivity index (χ0n) is 10.3. The lowest BCUT2D eigenvalue weighted by molar-refractivity contribution is -0.122. The highest BCUT2D eigenvalue weighted by Crippen LogP contribution is 2.28. The molecule has 1 fully saturated rings. The molecule has 0 saturated heterocycles. The third-order valence-electron chi connectivity index (χ3n) is 3.21. The van der Waals surface area contributed by atoms with E-state index in [4.69, 9.17) is 5.73 Å². The molecule has 0 unspecified atom stereocenters. The SMILES string of the molecule is CSCCCNC(=O)CC1(N)CCCCC1. The zero-order valence-corrected chi connectivity index (χ0v) is 11.1. The van der Waals surface area contributed by atoms with Gasteiger partial charge in [-0.1, -0.05) is 19.3 Å². The summed E-state index contributed by atoms with van der Waals surface area (Å²) >= 11 is 1.81. The van der Waals surface area contributed by atoms with Gasteiger partial charge in [0.2, 0.25) is 5.91 Å². The molecule has 0 spiro atoms. The topological polar surface area (TPSA) is 55.1 Å². The molecule has 3 N–H and O–H groups in total. The van der Waals surface area contributed by atoms with Crippen LogP contribution in [0.25, 0.3) is 0 Å². The minimum absolute atomic E-state index is 0.130. The number of hydrogen-bond acceptors (Lipinski definition) is 3. The fourth-order valence-corrected chi connectivity index (χ4v) is 2.69. The summed E-state index contributed by atoms with van der Waals surface area (Å²) in [4.78, 5) is 11.7. The Morgan fingerprint density at radius 2 is 2.06 bits per heavy atom. The Morgan fingerprint density at radius 1 is 1.38 bits per heavy atom. The van der Waals surface area contributed by atoms with Crippen LogP contribution in [0.2, 0.25) is 0 Å². The molecule has 0 bridgehead atoms. The minimum Gasteiger partial charge on any atom is -0.356 e. The van der Waals surface area contributed by atoms with Crippen LogP contribution in [-0.4, -0.2) is 30.0 Å². The van der Waals surface area contributed by atoms with Crippen LogP contribution in [0.1, 0.15) is 44.9 Å². The molecule has 94 valence electrons. The lowest BCUT2D eigenvalue weighted by atomic mass is 9.80. The summed E-state index contributed by atoms with van der Waals surface area (Å²) in [5.41, 5.74) is 6.01. The Morgan fingerprint density at radius 3 is 2.69 bits per heavy atom. The summed E-state index contributed by atoms with van der Waals surface area (Å²) in [7, 11) is 0. The number of thioether (sulfide) groups is 1. The summed E-state index contributed by atoms with van der Waals surface area (Å²) in [5, 5.41) is 2.96. The summed E-state index contributed by atoms with van der Waals surface area (Å²) in [6, 6.07) is 0. The van der Waals surface area contributed by atoms with Crippen molar-refractivity contribution < 1.29 is 4.79 Å². The standard InChI is InChI=1S/C12H24N2OS/c1-16-9-5-8-14-11(15)10-12(13)6-3-2-4-7-12/h2-10,13H2,1H3,(H,14,15). The second kappa shape index (κ2) is 7.17. The molecule has 16 heavy (non-hydrogen) atoms. The van der Waals surface area contributed by atoms with E-state index < -0.39 is 0 Å². The molecule has 0 radical (unpaired) electrons. The second-order valence-corrected chi connectivity index (χ2v) is 5.78. The minimum atomic E-state index is -0.220. The molecule has 1 aliphatic rings. The van der Waals surface area contributed by atoms with Crippen LogP contribution >= 0.6 is 11.8 Å². The van der Waals surface area contributed by atoms with Gasteiger partial charge in [-0.3, -0.25) is 4.79 Å². The first-order valence-corrected chi connectivity index (χ1v) is 7.60. The Balaban J connectivity index is 2.17. The van der Waals surface area contributed by atoms with Crippen LogP contribution in [0.4, 0.5) is 0 Å². The van der Waals surface area contributed by atoms with E-state index in [9.17, 15) is 4.79 Å². The summed E-state index contributed by atoms with van der Waals surface area (Å²) < 4.78 is 0. The van der Waals surface area contributed by atoms with E-state index >= 15 is 0 Å². The molecule has 0 aromatic heterocycles. The molecule has 0 aromatic carbocycles. The van der Waals surface area contributed by atoms with Crippen LogP contribution < -0.4 is 11.1 Å². The predicted molar refractivity (Wildman–Crippen MR) is 70.6 cm³/mol. The quantitative estimate of drug-likeness (QED) is 0.702. The zero-order chi connectivity index (χ0) is 11.9. The van der Waals surface area contributed by atoms with Gasteiger partial charge in [-0.25, -0.2) is 0 Å². The van der Waals surface area contributed by atoms with Crippen molar-refractivity contribution >= 4 is 17.7 Å². The number of rotatable bonds is 6. The average molecular weight is 244 g/mol. The molecule has 4 heteroatoms. The van der Waals surface area contributed by atoms with Gasteiger partial charge < -0.3 is 11.1 Å². The van der Waals surface area contributed by atoms with Crippen molar-refractivity contribution in [3.63, 3.8) is 0 Å². The second-order valence-electron chi connectivity index (χ2n) is 4.80. The van der Waals surface area contributed by atoms with Crippen LogP contribution in [0.5, 0.6) is 0 Å². The molecular weight excluding hydrogens is 220 g/mol. The van der Waals surface area contributed by atoms with Gasteiger partial charge >= 0.3 is 0 Å². The van der Waals surface area contributed by atoms with E-state index in [1.165, 1.54) is 19.3 Å². The van der Waals surface area contributed by atoms with Crippen molar-refractivity contribution in [1.82, 2.24) is 5.32 Å². The summed E-state index contributed by atoms with van der Waals surface area (Å²) in [6.45, 7) is 0.787. The van der Waals surface area contributed by atoms with Crippen molar-refractivity contribution in [2.24, 2.45) is 5.73 Å². The van der Waals surface area contributed by atoms with Gasteiger partial charge in [0.15, 0.2) is 0 Å². The van der Waals surface area contributed by atoms with Crippen molar-refractivity contribution in [2.75, 3.05) is 18.6 Å². The normalized spacial score (nSPS) is 19.4. The smallest absolute Gasteiger partial charge is 0.221 e. The Hall–Kier alpha value is -0.220. The number of carbonyl (C=O) groups excluding carboxylic acids is 1. The maximum absolute atomic E-state index is 11.7. The Bertz CT molecular complexity index is 215. The first-order valence-electron chi connectivity index (χ1n) is 6.21. The molecule has 1 rings (SSSR count). The van der Waals surface area contributed by atoms with E-state index in [0.717, 1.165) is 31.6 Å². The number of carbonyl (C=O) groups is 1. The van der Waals surface area contributed by atoms with Gasteiger partial charge in [-0.15, -0.1) is 0 Å². The molecular formula is C12H24N2OS. The fraction of sp³-hybridized carbons (Fsp3) is 0.917. The molecule has 1 amide bonds. The van der Waals surface area contributed by atoms with Crippen LogP contribution in [-0.2, 0) is 4.79 Å². The molecule has 0 heterocycles. The highest BCUT2D eigenvalue weighted by Gasteiger charge is 2.29. The van der Waals surface area contributed by atoms with Crippen molar-refractivity contribution in [1.29, 1.82) is 0 Å². The molecule has 3 nitrogen and oxygen atoms in total. The van der Waals surface area contributed by atoms with E-state index in [0.29, 0.717) is 6.42 Å². The monoisotopic (exact) mass is 244 g/mol. The molecule has 0 atom stereocenters. The highest BCUT2D eigenvalue weighted by atomic mass is 32.2. The van der Waals surface area contributed by atoms with Gasteiger partial charge in [0.05, 0.1) is 0 Å². The molecule has 0 aromatic rings. The van der Waals surface area contributed by atoms with Gasteiger partial charge in [0, 0.05) is 18.5 Å². The lowest BCUT2D eigenvalue weighted by Gasteiger charge is -2.32. The van der Waals surface area contributed by atoms with Gasteiger partial charge in [-0.2, -0.15) is 11.8 Å². The number of amides is 1.